The Labute approximate surface area is 142 Å². The molecule has 2 fully saturated rings. The van der Waals surface area contributed by atoms with Crippen LogP contribution in [0.2, 0.25) is 0 Å². The second-order valence-electron chi connectivity index (χ2n) is 6.40. The van der Waals surface area contributed by atoms with E-state index in [9.17, 15) is 9.59 Å². The minimum Gasteiger partial charge on any atom is -0.481 e. The van der Waals surface area contributed by atoms with E-state index >= 15 is 0 Å². The number of rotatable bonds is 4. The maximum Gasteiger partial charge on any atom is 0.306 e. The Morgan fingerprint density at radius 1 is 1.33 bits per heavy atom. The van der Waals surface area contributed by atoms with Crippen LogP contribution in [-0.2, 0) is 9.59 Å². The van der Waals surface area contributed by atoms with Crippen LogP contribution < -0.4 is 10.2 Å². The maximum atomic E-state index is 12.6. The van der Waals surface area contributed by atoms with Crippen molar-refractivity contribution in [1.29, 1.82) is 0 Å². The molecule has 2 N–H and O–H groups in total. The lowest BCUT2D eigenvalue weighted by Crippen LogP contribution is -2.52. The van der Waals surface area contributed by atoms with Gasteiger partial charge in [0.05, 0.1) is 11.3 Å². The molecule has 1 aliphatic heterocycles. The summed E-state index contributed by atoms with van der Waals surface area (Å²) in [6.45, 7) is 0.794. The molecule has 2 aliphatic rings. The summed E-state index contributed by atoms with van der Waals surface area (Å²) in [5.74, 6) is -0.301. The number of nitrogens with one attached hydrogen (secondary N) is 1. The third-order valence-electron chi connectivity index (χ3n) is 4.90. The van der Waals surface area contributed by atoms with Gasteiger partial charge in [0.2, 0.25) is 5.91 Å². The third kappa shape index (κ3) is 2.60. The van der Waals surface area contributed by atoms with Crippen LogP contribution in [0.4, 0.5) is 5.82 Å². The molecule has 0 aromatic carbocycles. The molecule has 1 aliphatic carbocycles. The number of aromatic nitrogens is 2. The van der Waals surface area contributed by atoms with Crippen molar-refractivity contribution < 1.29 is 14.7 Å². The lowest BCUT2D eigenvalue weighted by Gasteiger charge is -2.35. The molecule has 1 saturated heterocycles. The van der Waals surface area contributed by atoms with E-state index in [1.165, 1.54) is 0 Å². The lowest BCUT2D eigenvalue weighted by molar-refractivity contribution is -0.146. The first kappa shape index (κ1) is 15.3. The summed E-state index contributed by atoms with van der Waals surface area (Å²) in [5, 5.41) is 14.9. The van der Waals surface area contributed by atoms with E-state index in [1.54, 1.807) is 17.7 Å². The predicted molar refractivity (Wildman–Crippen MR) is 90.1 cm³/mol. The number of amides is 1. The van der Waals surface area contributed by atoms with E-state index in [4.69, 9.17) is 5.11 Å². The van der Waals surface area contributed by atoms with Crippen LogP contribution in [0, 0.1) is 5.92 Å². The molecular formula is C16H18N4O3S. The highest BCUT2D eigenvalue weighted by Gasteiger charge is 2.38. The van der Waals surface area contributed by atoms with Gasteiger partial charge < -0.3 is 15.3 Å². The molecular weight excluding hydrogens is 328 g/mol. The van der Waals surface area contributed by atoms with Crippen molar-refractivity contribution in [3.8, 4) is 0 Å². The van der Waals surface area contributed by atoms with Crippen LogP contribution in [0.3, 0.4) is 0 Å². The summed E-state index contributed by atoms with van der Waals surface area (Å²) >= 11 is 1.56. The van der Waals surface area contributed by atoms with Crippen molar-refractivity contribution in [2.24, 2.45) is 5.92 Å². The number of anilines is 1. The Bertz CT molecular complexity index is 786. The standard InChI is InChI=1S/C16H18N4O3S/c21-14(19-10-6-9(7-10)16(22)23)12-2-1-4-20(12)13-11-3-5-24-15(11)18-8-17-13/h3,5,8-10,12H,1-2,4,6-7H2,(H,19,21)(H,22,23). The molecule has 8 heteroatoms. The van der Waals surface area contributed by atoms with Crippen LogP contribution >= 0.6 is 11.3 Å². The van der Waals surface area contributed by atoms with Crippen molar-refractivity contribution in [1.82, 2.24) is 15.3 Å². The largest absolute Gasteiger partial charge is 0.481 e. The Morgan fingerprint density at radius 2 is 2.17 bits per heavy atom. The van der Waals surface area contributed by atoms with E-state index in [2.05, 4.69) is 20.2 Å². The molecule has 0 bridgehead atoms. The SMILES string of the molecule is O=C(O)C1CC(NC(=O)C2CCCN2c2ncnc3sccc23)C1. The van der Waals surface area contributed by atoms with Crippen molar-refractivity contribution in [3.63, 3.8) is 0 Å². The number of fused-ring (bicyclic) bond motifs is 1. The number of carbonyl (C=O) groups is 2. The van der Waals surface area contributed by atoms with Gasteiger partial charge in [-0.3, -0.25) is 9.59 Å². The number of hydrogen-bond donors (Lipinski definition) is 2. The average molecular weight is 346 g/mol. The molecule has 1 atom stereocenters. The molecule has 24 heavy (non-hydrogen) atoms. The van der Waals surface area contributed by atoms with Gasteiger partial charge in [0.15, 0.2) is 0 Å². The van der Waals surface area contributed by atoms with E-state index in [0.29, 0.717) is 12.8 Å². The van der Waals surface area contributed by atoms with E-state index in [0.717, 1.165) is 35.4 Å². The molecule has 4 rings (SSSR count). The quantitative estimate of drug-likeness (QED) is 0.874. The summed E-state index contributed by atoms with van der Waals surface area (Å²) in [6, 6.07) is 1.73. The minimum atomic E-state index is -0.774. The summed E-state index contributed by atoms with van der Waals surface area (Å²) in [4.78, 5) is 35.2. The van der Waals surface area contributed by atoms with Crippen molar-refractivity contribution in [2.75, 3.05) is 11.4 Å². The van der Waals surface area contributed by atoms with Crippen LogP contribution in [0.25, 0.3) is 10.2 Å². The number of thiophene rings is 1. The van der Waals surface area contributed by atoms with Gasteiger partial charge in [-0.05, 0) is 37.1 Å². The molecule has 2 aromatic heterocycles. The topological polar surface area (TPSA) is 95.4 Å². The van der Waals surface area contributed by atoms with Gasteiger partial charge in [-0.15, -0.1) is 11.3 Å². The number of hydrogen-bond acceptors (Lipinski definition) is 6. The molecule has 7 nitrogen and oxygen atoms in total. The van der Waals surface area contributed by atoms with Gasteiger partial charge in [-0.25, -0.2) is 9.97 Å². The zero-order valence-electron chi connectivity index (χ0n) is 13.0. The fraction of sp³-hybridized carbons (Fsp3) is 0.500. The molecule has 1 unspecified atom stereocenters. The lowest BCUT2D eigenvalue weighted by atomic mass is 9.80. The number of nitrogens with zero attached hydrogens (tertiary/aromatic N) is 3. The number of carbonyl (C=O) groups excluding carboxylic acids is 1. The van der Waals surface area contributed by atoms with Gasteiger partial charge in [0.25, 0.3) is 0 Å². The molecule has 126 valence electrons. The van der Waals surface area contributed by atoms with E-state index in [1.807, 2.05) is 11.4 Å². The highest BCUT2D eigenvalue weighted by atomic mass is 32.1. The highest BCUT2D eigenvalue weighted by molar-refractivity contribution is 7.16. The van der Waals surface area contributed by atoms with E-state index < -0.39 is 5.97 Å². The highest BCUT2D eigenvalue weighted by Crippen LogP contribution is 2.32. The molecule has 0 spiro atoms. The van der Waals surface area contributed by atoms with Gasteiger partial charge in [-0.2, -0.15) is 0 Å². The third-order valence-corrected chi connectivity index (χ3v) is 5.72. The van der Waals surface area contributed by atoms with Crippen LogP contribution in [-0.4, -0.2) is 45.6 Å². The van der Waals surface area contributed by atoms with Gasteiger partial charge in [0.1, 0.15) is 23.0 Å². The Kier molecular flexibility index (Phi) is 3.84. The number of carboxylic acid groups (broad SMARTS) is 1. The van der Waals surface area contributed by atoms with E-state index in [-0.39, 0.29) is 23.9 Å². The normalized spacial score (nSPS) is 26.3. The fourth-order valence-electron chi connectivity index (χ4n) is 3.53. The smallest absolute Gasteiger partial charge is 0.306 e. The Balaban J connectivity index is 1.48. The fourth-order valence-corrected chi connectivity index (χ4v) is 4.26. The first-order valence-corrected chi connectivity index (χ1v) is 8.99. The zero-order chi connectivity index (χ0) is 16.7. The van der Waals surface area contributed by atoms with Crippen LogP contribution in [0.5, 0.6) is 0 Å². The van der Waals surface area contributed by atoms with Crippen molar-refractivity contribution in [3.05, 3.63) is 17.8 Å². The van der Waals surface area contributed by atoms with Crippen molar-refractivity contribution in [2.45, 2.75) is 37.8 Å². The summed E-state index contributed by atoms with van der Waals surface area (Å²) < 4.78 is 0. The molecule has 0 radical (unpaired) electrons. The van der Waals surface area contributed by atoms with Gasteiger partial charge >= 0.3 is 5.97 Å². The monoisotopic (exact) mass is 346 g/mol. The maximum absolute atomic E-state index is 12.6. The first-order valence-electron chi connectivity index (χ1n) is 8.11. The van der Waals surface area contributed by atoms with Crippen LogP contribution in [0.1, 0.15) is 25.7 Å². The van der Waals surface area contributed by atoms with Crippen molar-refractivity contribution >= 4 is 39.2 Å². The zero-order valence-corrected chi connectivity index (χ0v) is 13.8. The predicted octanol–water partition coefficient (Wildman–Crippen LogP) is 1.64. The minimum absolute atomic E-state index is 0.0207. The Morgan fingerprint density at radius 3 is 2.96 bits per heavy atom. The number of aliphatic carboxylic acids is 1. The second kappa shape index (κ2) is 6.01. The second-order valence-corrected chi connectivity index (χ2v) is 7.29. The molecule has 1 saturated carbocycles. The van der Waals surface area contributed by atoms with Crippen LogP contribution in [0.15, 0.2) is 17.8 Å². The molecule has 2 aromatic rings. The number of carboxylic acids is 1. The summed E-state index contributed by atoms with van der Waals surface area (Å²) in [6.07, 6.45) is 4.32. The molecule has 1 amide bonds. The molecule has 3 heterocycles. The first-order chi connectivity index (χ1) is 11.6. The average Bonchev–Trinajstić information content (AvgIpc) is 3.17. The summed E-state index contributed by atoms with van der Waals surface area (Å²) in [7, 11) is 0. The van der Waals surface area contributed by atoms with Gasteiger partial charge in [0, 0.05) is 12.6 Å². The summed E-state index contributed by atoms with van der Waals surface area (Å²) in [5.41, 5.74) is 0. The Hall–Kier alpha value is -2.22. The van der Waals surface area contributed by atoms with Gasteiger partial charge in [-0.1, -0.05) is 0 Å².